The molecule has 0 aliphatic carbocycles. The molecule has 29 heavy (non-hydrogen) atoms. The van der Waals surface area contributed by atoms with Crippen molar-refractivity contribution < 1.29 is 9.21 Å². The van der Waals surface area contributed by atoms with E-state index in [4.69, 9.17) is 4.42 Å². The molecule has 0 bridgehead atoms. The number of nitrogens with zero attached hydrogens (tertiary/aromatic N) is 3. The lowest BCUT2D eigenvalue weighted by Crippen LogP contribution is -2.29. The number of aromatic nitrogens is 2. The van der Waals surface area contributed by atoms with E-state index in [0.29, 0.717) is 21.7 Å². The number of hydrogen-bond donors (Lipinski definition) is 0. The van der Waals surface area contributed by atoms with Gasteiger partial charge >= 0.3 is 0 Å². The highest BCUT2D eigenvalue weighted by Crippen LogP contribution is 2.42. The van der Waals surface area contributed by atoms with Gasteiger partial charge in [0, 0.05) is 0 Å². The minimum absolute atomic E-state index is 0.0717. The Morgan fingerprint density at radius 2 is 1.83 bits per heavy atom. The van der Waals surface area contributed by atoms with Gasteiger partial charge in [-0.2, -0.15) is 0 Å². The quantitative estimate of drug-likeness (QED) is 0.357. The number of hydrogen-bond acceptors (Lipinski definition) is 7. The normalized spacial score (nSPS) is 15.8. The maximum absolute atomic E-state index is 13.4. The highest BCUT2D eigenvalue weighted by Gasteiger charge is 2.45. The molecule has 0 unspecified atom stereocenters. The fourth-order valence-electron chi connectivity index (χ4n) is 3.55. The van der Waals surface area contributed by atoms with Crippen molar-refractivity contribution in [2.45, 2.75) is 17.3 Å². The third-order valence-electron chi connectivity index (χ3n) is 4.76. The molecule has 0 radical (unpaired) electrons. The van der Waals surface area contributed by atoms with Gasteiger partial charge in [-0.15, -0.1) is 10.2 Å². The standard InChI is InChI=1S/C21H15N3O3S2/c1-2-28-21-23-22-20(29-21)24-16(12-8-4-3-5-9-12)15-17(25)13-10-6-7-11-14(13)27-18(15)19(24)26/h3-11,16H,2H2,1H3/t16-/m1/s1. The lowest BCUT2D eigenvalue weighted by molar-refractivity contribution is 0.0970. The van der Waals surface area contributed by atoms with E-state index in [0.717, 1.165) is 15.7 Å². The van der Waals surface area contributed by atoms with E-state index in [1.54, 1.807) is 36.0 Å². The van der Waals surface area contributed by atoms with Gasteiger partial charge in [-0.05, 0) is 23.4 Å². The van der Waals surface area contributed by atoms with E-state index in [2.05, 4.69) is 10.2 Å². The molecule has 0 saturated carbocycles. The first kappa shape index (κ1) is 18.1. The van der Waals surface area contributed by atoms with E-state index >= 15 is 0 Å². The van der Waals surface area contributed by atoms with Crippen molar-refractivity contribution in [2.24, 2.45) is 0 Å². The molecular weight excluding hydrogens is 406 g/mol. The minimum Gasteiger partial charge on any atom is -0.450 e. The molecule has 2 aromatic carbocycles. The van der Waals surface area contributed by atoms with Crippen LogP contribution in [-0.4, -0.2) is 21.9 Å². The second-order valence-corrected chi connectivity index (χ2v) is 8.91. The van der Waals surface area contributed by atoms with Crippen LogP contribution < -0.4 is 10.3 Å². The number of anilines is 1. The van der Waals surface area contributed by atoms with Crippen LogP contribution in [0.15, 0.2) is 68.1 Å². The Morgan fingerprint density at radius 1 is 1.07 bits per heavy atom. The average molecular weight is 422 g/mol. The molecule has 1 aliphatic heterocycles. The van der Waals surface area contributed by atoms with E-state index in [-0.39, 0.29) is 17.1 Å². The van der Waals surface area contributed by atoms with Gasteiger partial charge in [-0.25, -0.2) is 0 Å². The summed E-state index contributed by atoms with van der Waals surface area (Å²) in [7, 11) is 0. The molecule has 1 amide bonds. The smallest absolute Gasteiger partial charge is 0.297 e. The first-order chi connectivity index (χ1) is 14.2. The third-order valence-corrected chi connectivity index (χ3v) is 6.70. The summed E-state index contributed by atoms with van der Waals surface area (Å²) >= 11 is 2.90. The van der Waals surface area contributed by atoms with E-state index in [9.17, 15) is 9.59 Å². The van der Waals surface area contributed by atoms with E-state index in [1.807, 2.05) is 37.3 Å². The monoisotopic (exact) mass is 421 g/mol. The maximum Gasteiger partial charge on any atom is 0.297 e. The van der Waals surface area contributed by atoms with Crippen molar-refractivity contribution in [3.8, 4) is 0 Å². The van der Waals surface area contributed by atoms with Crippen LogP contribution >= 0.6 is 23.1 Å². The molecule has 144 valence electrons. The van der Waals surface area contributed by atoms with Crippen molar-refractivity contribution in [3.05, 3.63) is 81.7 Å². The Kier molecular flexibility index (Phi) is 4.44. The number of amides is 1. The molecular formula is C21H15N3O3S2. The summed E-state index contributed by atoms with van der Waals surface area (Å²) in [6.45, 7) is 2.03. The Labute approximate surface area is 174 Å². The van der Waals surface area contributed by atoms with E-state index in [1.165, 1.54) is 16.2 Å². The molecule has 2 aromatic heterocycles. The molecule has 0 fully saturated rings. The molecule has 0 saturated heterocycles. The highest BCUT2D eigenvalue weighted by molar-refractivity contribution is 8.01. The first-order valence-corrected chi connectivity index (χ1v) is 10.9. The van der Waals surface area contributed by atoms with Crippen molar-refractivity contribution in [1.29, 1.82) is 0 Å². The lowest BCUT2D eigenvalue weighted by atomic mass is 9.99. The predicted molar refractivity (Wildman–Crippen MR) is 114 cm³/mol. The van der Waals surface area contributed by atoms with Gasteiger partial charge in [-0.3, -0.25) is 14.5 Å². The SMILES string of the molecule is CCSc1nnc(N2C(=O)c3oc4ccccc4c(=O)c3[C@H]2c2ccccc2)s1. The summed E-state index contributed by atoms with van der Waals surface area (Å²) < 4.78 is 6.70. The predicted octanol–water partition coefficient (Wildman–Crippen LogP) is 4.51. The van der Waals surface area contributed by atoms with Crippen molar-refractivity contribution >= 4 is 45.1 Å². The molecule has 5 rings (SSSR count). The van der Waals surface area contributed by atoms with Crippen molar-refractivity contribution in [2.75, 3.05) is 10.7 Å². The molecule has 8 heteroatoms. The fourth-order valence-corrected chi connectivity index (χ4v) is 5.31. The second-order valence-electron chi connectivity index (χ2n) is 6.44. The van der Waals surface area contributed by atoms with Crippen molar-refractivity contribution in [3.63, 3.8) is 0 Å². The Hall–Kier alpha value is -2.97. The molecule has 0 spiro atoms. The number of carbonyl (C=O) groups excluding carboxylic acids is 1. The lowest BCUT2D eigenvalue weighted by Gasteiger charge is -2.21. The van der Waals surface area contributed by atoms with Gasteiger partial charge < -0.3 is 4.42 Å². The highest BCUT2D eigenvalue weighted by atomic mass is 32.2. The zero-order chi connectivity index (χ0) is 20.0. The number of para-hydroxylation sites is 1. The van der Waals surface area contributed by atoms with Gasteiger partial charge in [0.1, 0.15) is 5.58 Å². The average Bonchev–Trinajstić information content (AvgIpc) is 3.32. The number of rotatable bonds is 4. The van der Waals surface area contributed by atoms with Crippen LogP contribution in [0.3, 0.4) is 0 Å². The number of fused-ring (bicyclic) bond motifs is 2. The molecule has 1 atom stereocenters. The molecule has 4 aromatic rings. The van der Waals surface area contributed by atoms with Crippen molar-refractivity contribution in [1.82, 2.24) is 10.2 Å². The largest absolute Gasteiger partial charge is 0.450 e. The number of thioether (sulfide) groups is 1. The summed E-state index contributed by atoms with van der Waals surface area (Å²) in [5.41, 5.74) is 1.37. The molecule has 3 heterocycles. The summed E-state index contributed by atoms with van der Waals surface area (Å²) in [5.74, 6) is 0.555. The van der Waals surface area contributed by atoms with Crippen LogP contribution in [0, 0.1) is 0 Å². The molecule has 0 N–H and O–H groups in total. The minimum atomic E-state index is -0.605. The van der Waals surface area contributed by atoms with Crippen LogP contribution in [0.4, 0.5) is 5.13 Å². The number of benzene rings is 2. The maximum atomic E-state index is 13.4. The number of carbonyl (C=O) groups is 1. The third kappa shape index (κ3) is 2.87. The Balaban J connectivity index is 1.76. The van der Waals surface area contributed by atoms with Crippen LogP contribution in [0.25, 0.3) is 11.0 Å². The topological polar surface area (TPSA) is 76.3 Å². The van der Waals surface area contributed by atoms with Gasteiger partial charge in [0.05, 0.1) is 17.0 Å². The fraction of sp³-hybridized carbons (Fsp3) is 0.143. The van der Waals surface area contributed by atoms with Gasteiger partial charge in [-0.1, -0.05) is 72.5 Å². The zero-order valence-electron chi connectivity index (χ0n) is 15.4. The molecule has 1 aliphatic rings. The van der Waals surface area contributed by atoms with Crippen LogP contribution in [0.2, 0.25) is 0 Å². The first-order valence-electron chi connectivity index (χ1n) is 9.09. The molecule has 6 nitrogen and oxygen atoms in total. The van der Waals surface area contributed by atoms with Gasteiger partial charge in [0.15, 0.2) is 9.77 Å². The van der Waals surface area contributed by atoms with Gasteiger partial charge in [0.2, 0.25) is 10.9 Å². The van der Waals surface area contributed by atoms with Crippen LogP contribution in [0.1, 0.15) is 34.6 Å². The Bertz CT molecular complexity index is 1280. The van der Waals surface area contributed by atoms with Crippen LogP contribution in [-0.2, 0) is 0 Å². The van der Waals surface area contributed by atoms with Gasteiger partial charge in [0.25, 0.3) is 5.91 Å². The Morgan fingerprint density at radius 3 is 2.62 bits per heavy atom. The summed E-state index contributed by atoms with van der Waals surface area (Å²) in [6, 6.07) is 15.9. The summed E-state index contributed by atoms with van der Waals surface area (Å²) in [6.07, 6.45) is 0. The van der Waals surface area contributed by atoms with E-state index < -0.39 is 6.04 Å². The summed E-state index contributed by atoms with van der Waals surface area (Å²) in [5, 5.41) is 9.33. The van der Waals surface area contributed by atoms with Crippen LogP contribution in [0.5, 0.6) is 0 Å². The summed E-state index contributed by atoms with van der Waals surface area (Å²) in [4.78, 5) is 28.3. The second kappa shape index (κ2) is 7.13. The zero-order valence-corrected chi connectivity index (χ0v) is 17.0.